The summed E-state index contributed by atoms with van der Waals surface area (Å²) in [6.07, 6.45) is 2.88. The predicted molar refractivity (Wildman–Crippen MR) is 142 cm³/mol. The van der Waals surface area contributed by atoms with E-state index in [1.807, 2.05) is 70.4 Å². The number of nitrogens with zero attached hydrogens (tertiary/aromatic N) is 3. The van der Waals surface area contributed by atoms with Crippen molar-refractivity contribution in [2.45, 2.75) is 44.8 Å². The van der Waals surface area contributed by atoms with E-state index in [4.69, 9.17) is 4.98 Å². The number of anilines is 1. The Morgan fingerprint density at radius 1 is 1.08 bits per heavy atom. The van der Waals surface area contributed by atoms with Gasteiger partial charge in [0.2, 0.25) is 0 Å². The van der Waals surface area contributed by atoms with E-state index in [1.165, 1.54) is 0 Å². The molecule has 2 aromatic carbocycles. The second-order valence-electron chi connectivity index (χ2n) is 10.4. The number of halogens is 2. The van der Waals surface area contributed by atoms with E-state index in [0.29, 0.717) is 22.5 Å². The highest BCUT2D eigenvalue weighted by Crippen LogP contribution is 2.42. The van der Waals surface area contributed by atoms with Crippen LogP contribution in [0.25, 0.3) is 22.5 Å². The zero-order valence-electron chi connectivity index (χ0n) is 21.6. The van der Waals surface area contributed by atoms with Crippen LogP contribution in [0.15, 0.2) is 60.9 Å². The fourth-order valence-corrected chi connectivity index (χ4v) is 5.20. The standard InChI is InChI=1S/C29H29F2N5O2/c1-16-10-23(26(17-8-6-5-7-9-17)34-25(16)18-14-32-36(4)15-18)33-28(38)35-27-19-11-21(30)22(31)12-20(19)29(2,3)13-24(27)37/h5-12,14-15,24,27,37H,13H2,1-4H3,(H2,33,35,38)/t24-,27-/m1/s1. The summed E-state index contributed by atoms with van der Waals surface area (Å²) < 4.78 is 30.0. The van der Waals surface area contributed by atoms with Crippen LogP contribution in [-0.4, -0.2) is 32.0 Å². The molecule has 2 amide bonds. The van der Waals surface area contributed by atoms with Crippen molar-refractivity contribution < 1.29 is 18.7 Å². The van der Waals surface area contributed by atoms with Gasteiger partial charge in [-0.2, -0.15) is 5.10 Å². The van der Waals surface area contributed by atoms with Gasteiger partial charge in [-0.15, -0.1) is 0 Å². The topological polar surface area (TPSA) is 92.1 Å². The summed E-state index contributed by atoms with van der Waals surface area (Å²) in [5.74, 6) is -1.99. The molecule has 2 heterocycles. The number of aliphatic hydroxyl groups is 1. The molecule has 3 N–H and O–H groups in total. The summed E-state index contributed by atoms with van der Waals surface area (Å²) in [6, 6.07) is 12.0. The molecule has 0 saturated heterocycles. The molecule has 4 aromatic rings. The first-order valence-electron chi connectivity index (χ1n) is 12.3. The van der Waals surface area contributed by atoms with E-state index in [2.05, 4.69) is 15.7 Å². The molecule has 0 bridgehead atoms. The zero-order valence-corrected chi connectivity index (χ0v) is 21.6. The number of pyridine rings is 1. The number of aryl methyl sites for hydroxylation is 2. The first-order valence-corrected chi connectivity index (χ1v) is 12.3. The molecule has 1 aliphatic carbocycles. The zero-order chi connectivity index (χ0) is 27.2. The van der Waals surface area contributed by atoms with Gasteiger partial charge in [0.05, 0.1) is 35.4 Å². The van der Waals surface area contributed by atoms with Crippen LogP contribution in [0.5, 0.6) is 0 Å². The van der Waals surface area contributed by atoms with E-state index in [9.17, 15) is 18.7 Å². The van der Waals surface area contributed by atoms with Crippen LogP contribution in [-0.2, 0) is 12.5 Å². The smallest absolute Gasteiger partial charge is 0.319 e. The highest BCUT2D eigenvalue weighted by molar-refractivity contribution is 5.94. The molecule has 7 nitrogen and oxygen atoms in total. The number of aromatic nitrogens is 3. The molecular weight excluding hydrogens is 488 g/mol. The van der Waals surface area contributed by atoms with Crippen LogP contribution in [0.1, 0.15) is 43.0 Å². The Balaban J connectivity index is 1.49. The van der Waals surface area contributed by atoms with Gasteiger partial charge in [0.25, 0.3) is 0 Å². The van der Waals surface area contributed by atoms with E-state index in [-0.39, 0.29) is 6.42 Å². The van der Waals surface area contributed by atoms with Gasteiger partial charge < -0.3 is 15.7 Å². The van der Waals surface area contributed by atoms with Crippen LogP contribution < -0.4 is 10.6 Å². The number of carbonyl (C=O) groups excluding carboxylic acids is 1. The van der Waals surface area contributed by atoms with E-state index < -0.39 is 35.2 Å². The van der Waals surface area contributed by atoms with E-state index in [1.54, 1.807) is 10.9 Å². The fraction of sp³-hybridized carbons (Fsp3) is 0.276. The number of rotatable bonds is 4. The Hall–Kier alpha value is -4.11. The Labute approximate surface area is 219 Å². The third kappa shape index (κ3) is 4.77. The van der Waals surface area contributed by atoms with Crippen molar-refractivity contribution in [3.63, 3.8) is 0 Å². The third-order valence-electron chi connectivity index (χ3n) is 7.03. The lowest BCUT2D eigenvalue weighted by Crippen LogP contribution is -2.45. The lowest BCUT2D eigenvalue weighted by Gasteiger charge is -2.40. The molecule has 2 atom stereocenters. The Kier molecular flexibility index (Phi) is 6.48. The van der Waals surface area contributed by atoms with Gasteiger partial charge in [-0.1, -0.05) is 44.2 Å². The molecule has 5 rings (SSSR count). The number of aliphatic hydroxyl groups excluding tert-OH is 1. The fourth-order valence-electron chi connectivity index (χ4n) is 5.20. The second-order valence-corrected chi connectivity index (χ2v) is 10.4. The molecule has 0 fully saturated rings. The molecule has 0 spiro atoms. The summed E-state index contributed by atoms with van der Waals surface area (Å²) in [6.45, 7) is 5.61. The Morgan fingerprint density at radius 3 is 2.47 bits per heavy atom. The van der Waals surface area contributed by atoms with Crippen molar-refractivity contribution >= 4 is 11.7 Å². The molecule has 0 aliphatic heterocycles. The molecule has 38 heavy (non-hydrogen) atoms. The average Bonchev–Trinajstić information content (AvgIpc) is 3.29. The van der Waals surface area contributed by atoms with Crippen molar-refractivity contribution in [2.24, 2.45) is 7.05 Å². The summed E-state index contributed by atoms with van der Waals surface area (Å²) in [5.41, 5.74) is 4.55. The Morgan fingerprint density at radius 2 is 1.79 bits per heavy atom. The van der Waals surface area contributed by atoms with Crippen molar-refractivity contribution in [1.82, 2.24) is 20.1 Å². The van der Waals surface area contributed by atoms with Gasteiger partial charge >= 0.3 is 6.03 Å². The highest BCUT2D eigenvalue weighted by Gasteiger charge is 2.40. The summed E-state index contributed by atoms with van der Waals surface area (Å²) in [4.78, 5) is 18.1. The maximum absolute atomic E-state index is 14.2. The number of amides is 2. The molecule has 0 saturated carbocycles. The van der Waals surface area contributed by atoms with Crippen LogP contribution >= 0.6 is 0 Å². The molecule has 0 unspecified atom stereocenters. The first kappa shape index (κ1) is 25.5. The number of carbonyl (C=O) groups is 1. The molecule has 2 aromatic heterocycles. The van der Waals surface area contributed by atoms with Crippen LogP contribution in [0, 0.1) is 18.6 Å². The van der Waals surface area contributed by atoms with Gasteiger partial charge in [-0.3, -0.25) is 4.68 Å². The number of nitrogens with one attached hydrogen (secondary N) is 2. The van der Waals surface area contributed by atoms with Gasteiger partial charge in [0.15, 0.2) is 11.6 Å². The number of fused-ring (bicyclic) bond motifs is 1. The van der Waals surface area contributed by atoms with Crippen molar-refractivity contribution in [3.8, 4) is 22.5 Å². The minimum atomic E-state index is -1.03. The number of hydrogen-bond acceptors (Lipinski definition) is 4. The van der Waals surface area contributed by atoms with E-state index >= 15 is 0 Å². The second kappa shape index (κ2) is 9.64. The summed E-state index contributed by atoms with van der Waals surface area (Å²) >= 11 is 0. The van der Waals surface area contributed by atoms with Crippen molar-refractivity contribution in [1.29, 1.82) is 0 Å². The number of urea groups is 1. The minimum absolute atomic E-state index is 0.270. The number of benzene rings is 2. The molecule has 9 heteroatoms. The highest BCUT2D eigenvalue weighted by atomic mass is 19.2. The molecule has 196 valence electrons. The first-order chi connectivity index (χ1) is 18.0. The maximum Gasteiger partial charge on any atom is 0.319 e. The SMILES string of the molecule is Cc1cc(NC(=O)N[C@@H]2c3cc(F)c(F)cc3C(C)(C)C[C@H]2O)c(-c2ccccc2)nc1-c1cnn(C)c1. The molecule has 1 aliphatic rings. The largest absolute Gasteiger partial charge is 0.391 e. The summed E-state index contributed by atoms with van der Waals surface area (Å²) in [5, 5.41) is 20.8. The van der Waals surface area contributed by atoms with Crippen LogP contribution in [0.2, 0.25) is 0 Å². The van der Waals surface area contributed by atoms with Gasteiger partial charge in [-0.25, -0.2) is 18.6 Å². The molecule has 0 radical (unpaired) electrons. The summed E-state index contributed by atoms with van der Waals surface area (Å²) in [7, 11) is 1.83. The number of hydrogen-bond donors (Lipinski definition) is 3. The average molecular weight is 518 g/mol. The van der Waals surface area contributed by atoms with Crippen molar-refractivity contribution in [2.75, 3.05) is 5.32 Å². The predicted octanol–water partition coefficient (Wildman–Crippen LogP) is 5.64. The minimum Gasteiger partial charge on any atom is -0.391 e. The van der Waals surface area contributed by atoms with Crippen LogP contribution in [0.3, 0.4) is 0 Å². The lowest BCUT2D eigenvalue weighted by atomic mass is 9.69. The lowest BCUT2D eigenvalue weighted by molar-refractivity contribution is 0.0878. The van der Waals surface area contributed by atoms with Crippen LogP contribution in [0.4, 0.5) is 19.3 Å². The maximum atomic E-state index is 14.2. The van der Waals surface area contributed by atoms with Crippen molar-refractivity contribution in [3.05, 3.63) is 89.2 Å². The van der Waals surface area contributed by atoms with Gasteiger partial charge in [0.1, 0.15) is 0 Å². The van der Waals surface area contributed by atoms with Gasteiger partial charge in [-0.05, 0) is 53.6 Å². The van der Waals surface area contributed by atoms with Gasteiger partial charge in [0, 0.05) is 24.4 Å². The molecular formula is C29H29F2N5O2. The normalized spacial score (nSPS) is 18.1. The Bertz CT molecular complexity index is 1520. The third-order valence-corrected chi connectivity index (χ3v) is 7.03. The van der Waals surface area contributed by atoms with E-state index in [0.717, 1.165) is 34.5 Å². The quantitative estimate of drug-likeness (QED) is 0.327. The monoisotopic (exact) mass is 517 g/mol.